The van der Waals surface area contributed by atoms with Crippen molar-refractivity contribution in [1.29, 1.82) is 0 Å². The number of carbonyl (C=O) groups is 3. The van der Waals surface area contributed by atoms with Crippen LogP contribution in [0.1, 0.15) is 23.0 Å². The van der Waals surface area contributed by atoms with Gasteiger partial charge in [0.1, 0.15) is 6.04 Å². The Bertz CT molecular complexity index is 755. The Hall–Kier alpha value is -3.13. The van der Waals surface area contributed by atoms with Crippen molar-refractivity contribution in [1.82, 2.24) is 10.6 Å². The molecule has 2 aromatic rings. The lowest BCUT2D eigenvalue weighted by Crippen LogP contribution is -2.53. The van der Waals surface area contributed by atoms with Crippen molar-refractivity contribution < 1.29 is 29.0 Å². The Morgan fingerprint density at radius 1 is 1.15 bits per heavy atom. The van der Waals surface area contributed by atoms with Crippen molar-refractivity contribution in [2.45, 2.75) is 25.0 Å². The Labute approximate surface area is 149 Å². The predicted octanol–water partition coefficient (Wildman–Crippen LogP) is 0.572. The van der Waals surface area contributed by atoms with E-state index in [0.29, 0.717) is 0 Å². The maximum Gasteiger partial charge on any atom is 0.337 e. The second kappa shape index (κ2) is 8.30. The second-order valence-electron chi connectivity index (χ2n) is 5.99. The highest BCUT2D eigenvalue weighted by Crippen LogP contribution is 2.07. The fourth-order valence-corrected chi connectivity index (χ4v) is 2.15. The maximum atomic E-state index is 12.5. The number of rotatable bonds is 8. The maximum absolute atomic E-state index is 12.5. The Morgan fingerprint density at radius 2 is 1.85 bits per heavy atom. The van der Waals surface area contributed by atoms with E-state index in [4.69, 9.17) is 9.52 Å². The monoisotopic (exact) mass is 360 g/mol. The van der Waals surface area contributed by atoms with Gasteiger partial charge in [-0.15, -0.1) is 0 Å². The van der Waals surface area contributed by atoms with Gasteiger partial charge in [0, 0.05) is 6.42 Å². The molecule has 0 saturated carbocycles. The van der Waals surface area contributed by atoms with Crippen molar-refractivity contribution >= 4 is 17.8 Å². The second-order valence-corrected chi connectivity index (χ2v) is 5.99. The molecule has 0 aliphatic heterocycles. The number of hydrogen-bond donors (Lipinski definition) is 4. The topological polar surface area (TPSA) is 129 Å². The molecule has 2 amide bonds. The third-order valence-corrected chi connectivity index (χ3v) is 3.72. The van der Waals surface area contributed by atoms with E-state index in [1.165, 1.54) is 12.3 Å². The van der Waals surface area contributed by atoms with Gasteiger partial charge in [0.05, 0.1) is 12.8 Å². The summed E-state index contributed by atoms with van der Waals surface area (Å²) in [5.74, 6) is -2.60. The molecule has 1 aromatic heterocycles. The van der Waals surface area contributed by atoms with Gasteiger partial charge in [-0.05, 0) is 24.6 Å². The Morgan fingerprint density at radius 3 is 2.42 bits per heavy atom. The summed E-state index contributed by atoms with van der Waals surface area (Å²) in [6.45, 7) is 0.576. The molecule has 2 rings (SSSR count). The van der Waals surface area contributed by atoms with Crippen LogP contribution in [0.25, 0.3) is 0 Å². The zero-order valence-corrected chi connectivity index (χ0v) is 14.1. The van der Waals surface area contributed by atoms with Gasteiger partial charge in [-0.1, -0.05) is 30.3 Å². The standard InChI is InChI=1S/C18H20N2O6/c1-18(25,17(23)24)11-19-15(21)13(10-12-6-3-2-4-7-12)20-16(22)14-8-5-9-26-14/h2-9,13,25H,10-11H2,1H3,(H,19,21)(H,20,22)(H,23,24). The highest BCUT2D eigenvalue weighted by molar-refractivity contribution is 5.95. The van der Waals surface area contributed by atoms with Crippen LogP contribution in [-0.4, -0.2) is 46.2 Å². The number of carboxylic acid groups (broad SMARTS) is 1. The van der Waals surface area contributed by atoms with Crippen molar-refractivity contribution in [3.05, 3.63) is 60.1 Å². The van der Waals surface area contributed by atoms with E-state index in [-0.39, 0.29) is 12.2 Å². The number of amides is 2. The van der Waals surface area contributed by atoms with E-state index in [1.54, 1.807) is 30.3 Å². The van der Waals surface area contributed by atoms with Gasteiger partial charge in [0.25, 0.3) is 5.91 Å². The minimum Gasteiger partial charge on any atom is -0.479 e. The SMILES string of the molecule is CC(O)(CNC(=O)C(Cc1ccccc1)NC(=O)c1ccco1)C(=O)O. The van der Waals surface area contributed by atoms with E-state index in [0.717, 1.165) is 12.5 Å². The first-order valence-corrected chi connectivity index (χ1v) is 7.91. The first-order valence-electron chi connectivity index (χ1n) is 7.91. The number of carboxylic acids is 1. The van der Waals surface area contributed by atoms with E-state index in [2.05, 4.69) is 10.6 Å². The van der Waals surface area contributed by atoms with Gasteiger partial charge >= 0.3 is 5.97 Å². The van der Waals surface area contributed by atoms with Crippen LogP contribution in [0.15, 0.2) is 53.1 Å². The molecular formula is C18H20N2O6. The molecule has 2 unspecified atom stereocenters. The summed E-state index contributed by atoms with van der Waals surface area (Å²) in [7, 11) is 0. The molecule has 4 N–H and O–H groups in total. The third kappa shape index (κ3) is 5.18. The number of nitrogens with one attached hydrogen (secondary N) is 2. The summed E-state index contributed by atoms with van der Waals surface area (Å²) in [6.07, 6.45) is 1.53. The first-order chi connectivity index (χ1) is 12.3. The van der Waals surface area contributed by atoms with Gasteiger partial charge < -0.3 is 25.3 Å². The van der Waals surface area contributed by atoms with Crippen LogP contribution in [0.4, 0.5) is 0 Å². The molecule has 8 heteroatoms. The molecular weight excluding hydrogens is 340 g/mol. The lowest BCUT2D eigenvalue weighted by atomic mass is 10.0. The largest absolute Gasteiger partial charge is 0.479 e. The Kier molecular flexibility index (Phi) is 6.13. The van der Waals surface area contributed by atoms with Gasteiger partial charge in [-0.2, -0.15) is 0 Å². The number of aliphatic carboxylic acids is 1. The number of benzene rings is 1. The van der Waals surface area contributed by atoms with Crippen LogP contribution in [0.2, 0.25) is 0 Å². The lowest BCUT2D eigenvalue weighted by molar-refractivity contribution is -0.156. The van der Waals surface area contributed by atoms with Crippen LogP contribution in [0, 0.1) is 0 Å². The fourth-order valence-electron chi connectivity index (χ4n) is 2.15. The summed E-state index contributed by atoms with van der Waals surface area (Å²) >= 11 is 0. The predicted molar refractivity (Wildman–Crippen MR) is 91.4 cm³/mol. The third-order valence-electron chi connectivity index (χ3n) is 3.72. The minimum atomic E-state index is -2.11. The van der Waals surface area contributed by atoms with E-state index in [1.807, 2.05) is 6.07 Å². The van der Waals surface area contributed by atoms with Crippen LogP contribution in [0.3, 0.4) is 0 Å². The summed E-state index contributed by atoms with van der Waals surface area (Å²) in [5.41, 5.74) is -1.31. The summed E-state index contributed by atoms with van der Waals surface area (Å²) in [6, 6.07) is 11.1. The van der Waals surface area contributed by atoms with Crippen molar-refractivity contribution in [3.63, 3.8) is 0 Å². The molecule has 0 aliphatic rings. The number of carbonyl (C=O) groups excluding carboxylic acids is 2. The van der Waals surface area contributed by atoms with Crippen LogP contribution in [0.5, 0.6) is 0 Å². The molecule has 138 valence electrons. The van der Waals surface area contributed by atoms with Crippen LogP contribution in [-0.2, 0) is 16.0 Å². The highest BCUT2D eigenvalue weighted by Gasteiger charge is 2.32. The van der Waals surface area contributed by atoms with Gasteiger partial charge in [-0.3, -0.25) is 9.59 Å². The van der Waals surface area contributed by atoms with E-state index >= 15 is 0 Å². The lowest BCUT2D eigenvalue weighted by Gasteiger charge is -2.22. The Balaban J connectivity index is 2.10. The van der Waals surface area contributed by atoms with Crippen molar-refractivity contribution in [2.24, 2.45) is 0 Å². The molecule has 0 saturated heterocycles. The number of aliphatic hydroxyl groups is 1. The van der Waals surface area contributed by atoms with Gasteiger partial charge in [-0.25, -0.2) is 4.79 Å². The van der Waals surface area contributed by atoms with Crippen molar-refractivity contribution in [2.75, 3.05) is 6.54 Å². The first kappa shape index (κ1) is 19.2. The summed E-state index contributed by atoms with van der Waals surface area (Å²) in [4.78, 5) is 35.6. The molecule has 0 spiro atoms. The van der Waals surface area contributed by atoms with Crippen LogP contribution < -0.4 is 10.6 Å². The normalized spacial score (nSPS) is 14.1. The molecule has 26 heavy (non-hydrogen) atoms. The van der Waals surface area contributed by atoms with Crippen LogP contribution >= 0.6 is 0 Å². The fraction of sp³-hybridized carbons (Fsp3) is 0.278. The molecule has 1 heterocycles. The number of furan rings is 1. The average molecular weight is 360 g/mol. The highest BCUT2D eigenvalue weighted by atomic mass is 16.4. The van der Waals surface area contributed by atoms with E-state index < -0.39 is 36.0 Å². The van der Waals surface area contributed by atoms with Crippen molar-refractivity contribution in [3.8, 4) is 0 Å². The quantitative estimate of drug-likeness (QED) is 0.545. The number of hydrogen-bond acceptors (Lipinski definition) is 5. The molecule has 0 fully saturated rings. The molecule has 8 nitrogen and oxygen atoms in total. The average Bonchev–Trinajstić information content (AvgIpc) is 3.14. The molecule has 1 aromatic carbocycles. The van der Waals surface area contributed by atoms with Gasteiger partial charge in [0.2, 0.25) is 5.91 Å². The zero-order chi connectivity index (χ0) is 19.2. The summed E-state index contributed by atoms with van der Waals surface area (Å²) < 4.78 is 5.01. The zero-order valence-electron chi connectivity index (χ0n) is 14.1. The molecule has 0 radical (unpaired) electrons. The van der Waals surface area contributed by atoms with Gasteiger partial charge in [0.15, 0.2) is 11.4 Å². The minimum absolute atomic E-state index is 0.0494. The molecule has 2 atom stereocenters. The van der Waals surface area contributed by atoms with E-state index in [9.17, 15) is 19.5 Å². The molecule has 0 bridgehead atoms. The summed E-state index contributed by atoms with van der Waals surface area (Å²) in [5, 5.41) is 23.6. The smallest absolute Gasteiger partial charge is 0.337 e. The molecule has 0 aliphatic carbocycles.